The number of benzene rings is 2. The topological polar surface area (TPSA) is 79.2 Å². The number of aliphatic hydroxyl groups is 3. The van der Waals surface area contributed by atoms with Crippen molar-refractivity contribution in [2.45, 2.75) is 61.5 Å². The summed E-state index contributed by atoms with van der Waals surface area (Å²) < 4.78 is 11.6. The minimum absolute atomic E-state index is 0.348. The molecule has 3 aliphatic rings. The average molecular weight is 457 g/mol. The standard InChI is InChI=1S/C26H32O5S/c1-15-3-6-17(24-22(28)21(27)23(29)25(31-24)32-2)12-18(15)11-16-4-7-19(8-5-16)26-9-10-30-14-20(26)13-26/h3-8,12,20-25,27-29H,9-11,13-14H2,1-2H3/t20-,21+,22+,23-,24?,25+,26-/m0/s1. The van der Waals surface area contributed by atoms with Crippen LogP contribution >= 0.6 is 11.8 Å². The molecule has 2 aromatic carbocycles. The third kappa shape index (κ3) is 3.91. The van der Waals surface area contributed by atoms with Gasteiger partial charge in [0.25, 0.3) is 0 Å². The summed E-state index contributed by atoms with van der Waals surface area (Å²) in [6, 6.07) is 15.1. The van der Waals surface area contributed by atoms with Gasteiger partial charge in [-0.05, 0) is 66.2 Å². The first-order chi connectivity index (χ1) is 15.4. The van der Waals surface area contributed by atoms with Gasteiger partial charge in [0.1, 0.15) is 29.9 Å². The second-order valence-electron chi connectivity index (χ2n) is 9.57. The zero-order chi connectivity index (χ0) is 22.5. The molecule has 32 heavy (non-hydrogen) atoms. The van der Waals surface area contributed by atoms with E-state index in [9.17, 15) is 15.3 Å². The monoisotopic (exact) mass is 456 g/mol. The van der Waals surface area contributed by atoms with E-state index in [-0.39, 0.29) is 0 Å². The molecular formula is C26H32O5S. The molecule has 5 nitrogen and oxygen atoms in total. The third-order valence-electron chi connectivity index (χ3n) is 7.67. The molecule has 7 atom stereocenters. The zero-order valence-corrected chi connectivity index (χ0v) is 19.4. The largest absolute Gasteiger partial charge is 0.387 e. The van der Waals surface area contributed by atoms with Gasteiger partial charge in [-0.1, -0.05) is 42.5 Å². The molecule has 0 radical (unpaired) electrons. The molecule has 1 saturated carbocycles. The molecule has 3 fully saturated rings. The highest BCUT2D eigenvalue weighted by molar-refractivity contribution is 7.99. The number of hydrogen-bond acceptors (Lipinski definition) is 6. The SMILES string of the molecule is CS[C@H]1OC(c2ccc(C)c(Cc3ccc([C@@]45CCOC[C@@H]4C5)cc3)c2)[C@H](O)[C@@H](O)[C@@H]1O. The Hall–Kier alpha value is -1.41. The maximum atomic E-state index is 10.6. The zero-order valence-electron chi connectivity index (χ0n) is 18.6. The molecule has 6 heteroatoms. The Bertz CT molecular complexity index is 961. The number of aliphatic hydroxyl groups excluding tert-OH is 3. The summed E-state index contributed by atoms with van der Waals surface area (Å²) in [6.45, 7) is 3.85. The molecule has 3 N–H and O–H groups in total. The fraction of sp³-hybridized carbons (Fsp3) is 0.538. The molecule has 0 spiro atoms. The molecular weight excluding hydrogens is 424 g/mol. The van der Waals surface area contributed by atoms with Crippen molar-refractivity contribution in [3.63, 3.8) is 0 Å². The molecule has 2 aliphatic heterocycles. The Morgan fingerprint density at radius 1 is 1.03 bits per heavy atom. The van der Waals surface area contributed by atoms with E-state index in [1.807, 2.05) is 18.4 Å². The Balaban J connectivity index is 1.34. The van der Waals surface area contributed by atoms with Gasteiger partial charge < -0.3 is 24.8 Å². The maximum Gasteiger partial charge on any atom is 0.132 e. The summed E-state index contributed by atoms with van der Waals surface area (Å²) in [5.41, 5.74) is 5.62. The molecule has 5 rings (SSSR count). The van der Waals surface area contributed by atoms with Crippen molar-refractivity contribution in [2.24, 2.45) is 5.92 Å². The number of hydrogen-bond donors (Lipinski definition) is 3. The van der Waals surface area contributed by atoms with Crippen molar-refractivity contribution in [1.29, 1.82) is 0 Å². The number of thioether (sulfide) groups is 1. The van der Waals surface area contributed by atoms with Gasteiger partial charge >= 0.3 is 0 Å². The van der Waals surface area contributed by atoms with Crippen molar-refractivity contribution >= 4 is 11.8 Å². The highest BCUT2D eigenvalue weighted by Crippen LogP contribution is 2.58. The molecule has 172 valence electrons. The van der Waals surface area contributed by atoms with E-state index < -0.39 is 29.9 Å². The summed E-state index contributed by atoms with van der Waals surface area (Å²) in [5.74, 6) is 0.682. The van der Waals surface area contributed by atoms with Crippen LogP contribution in [0.4, 0.5) is 0 Å². The Kier molecular flexibility index (Phi) is 6.12. The maximum absolute atomic E-state index is 10.6. The van der Waals surface area contributed by atoms with Crippen molar-refractivity contribution in [3.05, 3.63) is 70.3 Å². The van der Waals surface area contributed by atoms with Gasteiger partial charge in [-0.2, -0.15) is 0 Å². The molecule has 0 amide bonds. The van der Waals surface area contributed by atoms with Crippen LogP contribution in [-0.2, 0) is 21.3 Å². The molecule has 0 bridgehead atoms. The van der Waals surface area contributed by atoms with Crippen LogP contribution in [0.2, 0.25) is 0 Å². The molecule has 2 heterocycles. The Morgan fingerprint density at radius 3 is 2.53 bits per heavy atom. The van der Waals surface area contributed by atoms with E-state index in [0.29, 0.717) is 11.3 Å². The van der Waals surface area contributed by atoms with Crippen molar-refractivity contribution in [3.8, 4) is 0 Å². The van der Waals surface area contributed by atoms with E-state index in [1.54, 1.807) is 0 Å². The Labute approximate surface area is 193 Å². The van der Waals surface area contributed by atoms with Gasteiger partial charge in [-0.25, -0.2) is 0 Å². The van der Waals surface area contributed by atoms with Gasteiger partial charge in [-0.15, -0.1) is 11.8 Å². The second-order valence-corrected chi connectivity index (χ2v) is 10.5. The predicted octanol–water partition coefficient (Wildman–Crippen LogP) is 3.11. The van der Waals surface area contributed by atoms with E-state index in [4.69, 9.17) is 9.47 Å². The lowest BCUT2D eigenvalue weighted by molar-refractivity contribution is -0.200. The van der Waals surface area contributed by atoms with Crippen LogP contribution in [0.5, 0.6) is 0 Å². The molecule has 1 aliphatic carbocycles. The third-order valence-corrected chi connectivity index (χ3v) is 8.53. The van der Waals surface area contributed by atoms with Crippen molar-refractivity contribution in [2.75, 3.05) is 19.5 Å². The van der Waals surface area contributed by atoms with Gasteiger partial charge in [0.15, 0.2) is 0 Å². The smallest absolute Gasteiger partial charge is 0.132 e. The molecule has 2 aromatic rings. The summed E-state index contributed by atoms with van der Waals surface area (Å²) in [7, 11) is 0. The van der Waals surface area contributed by atoms with Crippen LogP contribution in [0.15, 0.2) is 42.5 Å². The minimum atomic E-state index is -1.24. The molecule has 2 saturated heterocycles. The van der Waals surface area contributed by atoms with Gasteiger partial charge in [0.05, 0.1) is 6.61 Å². The van der Waals surface area contributed by atoms with Gasteiger partial charge in [0, 0.05) is 12.0 Å². The summed E-state index contributed by atoms with van der Waals surface area (Å²) in [6.07, 6.45) is 0.789. The minimum Gasteiger partial charge on any atom is -0.387 e. The quantitative estimate of drug-likeness (QED) is 0.642. The number of rotatable bonds is 5. The summed E-state index contributed by atoms with van der Waals surface area (Å²) in [5, 5.41) is 31.0. The summed E-state index contributed by atoms with van der Waals surface area (Å²) in [4.78, 5) is 0. The first-order valence-electron chi connectivity index (χ1n) is 11.4. The molecule has 1 unspecified atom stereocenters. The highest BCUT2D eigenvalue weighted by atomic mass is 32.2. The summed E-state index contributed by atoms with van der Waals surface area (Å²) >= 11 is 1.33. The number of ether oxygens (including phenoxy) is 2. The van der Waals surface area contributed by atoms with Crippen LogP contribution in [0.25, 0.3) is 0 Å². The predicted molar refractivity (Wildman–Crippen MR) is 125 cm³/mol. The average Bonchev–Trinajstić information content (AvgIpc) is 3.56. The highest BCUT2D eigenvalue weighted by Gasteiger charge is 2.56. The lowest BCUT2D eigenvalue weighted by Crippen LogP contribution is -2.52. The van der Waals surface area contributed by atoms with Crippen LogP contribution in [0.3, 0.4) is 0 Å². The normalized spacial score (nSPS) is 36.5. The first kappa shape index (κ1) is 22.4. The Morgan fingerprint density at radius 2 is 1.81 bits per heavy atom. The lowest BCUT2D eigenvalue weighted by atomic mass is 9.87. The van der Waals surface area contributed by atoms with E-state index in [2.05, 4.69) is 37.3 Å². The second kappa shape index (κ2) is 8.75. The van der Waals surface area contributed by atoms with Crippen LogP contribution in [0, 0.1) is 12.8 Å². The first-order valence-corrected chi connectivity index (χ1v) is 12.7. The van der Waals surface area contributed by atoms with Crippen molar-refractivity contribution < 1.29 is 24.8 Å². The number of fused-ring (bicyclic) bond motifs is 1. The van der Waals surface area contributed by atoms with Crippen LogP contribution in [0.1, 0.15) is 46.8 Å². The van der Waals surface area contributed by atoms with Crippen molar-refractivity contribution in [1.82, 2.24) is 0 Å². The van der Waals surface area contributed by atoms with Crippen LogP contribution in [-0.4, -0.2) is 58.5 Å². The van der Waals surface area contributed by atoms with E-state index in [1.165, 1.54) is 40.4 Å². The van der Waals surface area contributed by atoms with E-state index >= 15 is 0 Å². The fourth-order valence-corrected chi connectivity index (χ4v) is 6.11. The van der Waals surface area contributed by atoms with Gasteiger partial charge in [0.2, 0.25) is 0 Å². The fourth-order valence-electron chi connectivity index (χ4n) is 5.43. The van der Waals surface area contributed by atoms with Crippen LogP contribution < -0.4 is 0 Å². The van der Waals surface area contributed by atoms with E-state index in [0.717, 1.165) is 31.6 Å². The van der Waals surface area contributed by atoms with Gasteiger partial charge in [-0.3, -0.25) is 0 Å². The lowest BCUT2D eigenvalue weighted by Gasteiger charge is -2.40. The number of aryl methyl sites for hydroxylation is 1. The molecule has 0 aromatic heterocycles.